The fourth-order valence-electron chi connectivity index (χ4n) is 9.34. The number of carbonyl (C=O) groups is 5. The number of carbonyl (C=O) groups excluding carboxylic acids is 5. The van der Waals surface area contributed by atoms with Crippen molar-refractivity contribution in [3.63, 3.8) is 0 Å². The summed E-state index contributed by atoms with van der Waals surface area (Å²) in [5.74, 6) is 0.424. The van der Waals surface area contributed by atoms with Crippen LogP contribution in [-0.4, -0.2) is 104 Å². The molecule has 5 radical (unpaired) electrons. The van der Waals surface area contributed by atoms with E-state index in [-0.39, 0.29) is 158 Å². The molecule has 0 aliphatic carbocycles. The Bertz CT molecular complexity index is 4790. The molecule has 5 N–H and O–H groups in total. The van der Waals surface area contributed by atoms with Gasteiger partial charge in [-0.15, -0.1) is 179 Å². The molecular formula is C93H95Ir5N10O10-5. The van der Waals surface area contributed by atoms with Crippen LogP contribution in [0.15, 0.2) is 285 Å². The Morgan fingerprint density at radius 2 is 0.669 bits per heavy atom. The molecule has 5 heterocycles. The van der Waals surface area contributed by atoms with Crippen molar-refractivity contribution in [2.45, 2.75) is 111 Å². The van der Waals surface area contributed by atoms with E-state index in [9.17, 15) is 24.0 Å². The maximum atomic E-state index is 10.0. The summed E-state index contributed by atoms with van der Waals surface area (Å²) >= 11 is 0. The third kappa shape index (κ3) is 48.7. The SMILES string of the molecule is CC(=O)C=C(C)O.CC(=O)C=C(C)O.CC(=O)C=C(C)O.CC(=O)C=C(C)O.CC(=O)C=C(C)O.Cc1cc(-c2[c-]cccc2)ncn1.Cc1ccccc1-c1ncnc(-c2[c-]cccc2)c1C.Cc1ccnc(-c2[c-]cccc2)n1.Cc1cnc(-c2[c-]cccc2)c(C)n1.[Ir].[Ir].[Ir].[Ir].[Ir].[c-]1ccccc1-c1cc(-c2ccccc2)ncn1. The van der Waals surface area contributed by atoms with E-state index in [1.54, 1.807) is 31.4 Å². The summed E-state index contributed by atoms with van der Waals surface area (Å²) in [4.78, 5) is 93.0. The van der Waals surface area contributed by atoms with Gasteiger partial charge in [0.05, 0.1) is 51.7 Å². The van der Waals surface area contributed by atoms with Crippen LogP contribution >= 0.6 is 0 Å². The molecule has 627 valence electrons. The van der Waals surface area contributed by atoms with E-state index in [4.69, 9.17) is 25.5 Å². The molecule has 0 aliphatic rings. The average molecular weight is 2470 g/mol. The van der Waals surface area contributed by atoms with Gasteiger partial charge in [-0.3, -0.25) is 53.9 Å². The average Bonchev–Trinajstić information content (AvgIpc) is 0.807. The quantitative estimate of drug-likeness (QED) is 0.0431. The molecule has 0 aliphatic heterocycles. The third-order valence-electron chi connectivity index (χ3n) is 13.8. The zero-order chi connectivity index (χ0) is 83.6. The summed E-state index contributed by atoms with van der Waals surface area (Å²) in [5.41, 5.74) is 18.9. The van der Waals surface area contributed by atoms with Crippen molar-refractivity contribution in [2.75, 3.05) is 0 Å². The number of hydrogen-bond acceptors (Lipinski definition) is 20. The minimum Gasteiger partial charge on any atom is -0.512 e. The zero-order valence-corrected chi connectivity index (χ0v) is 80.1. The Kier molecular flexibility index (Phi) is 59.8. The number of nitrogens with zero attached hydrogens (tertiary/aromatic N) is 10. The van der Waals surface area contributed by atoms with Gasteiger partial charge in [-0.2, -0.15) is 0 Å². The maximum absolute atomic E-state index is 10.0. The van der Waals surface area contributed by atoms with Crippen LogP contribution in [0.1, 0.15) is 103 Å². The number of ketones is 5. The molecule has 7 aromatic carbocycles. The minimum atomic E-state index is -0.125. The number of aliphatic hydroxyl groups excluding tert-OH is 5. The first-order valence-electron chi connectivity index (χ1n) is 35.2. The van der Waals surface area contributed by atoms with Gasteiger partial charge in [0.15, 0.2) is 28.9 Å². The molecule has 0 bridgehead atoms. The predicted molar refractivity (Wildman–Crippen MR) is 446 cm³/mol. The standard InChI is InChI=1S/C18H15N2.C16H11N2.C12H11N2.2C11H9N2.5C5H8O2.5Ir/c1-13-8-6-7-11-16(13)18-14(2)17(19-12-20-18)15-9-4-3-5-10-15;1-3-7-13(8-4-1)15-11-16(18-12-17-15)14-9-5-2-6-10-14;1-9-8-13-12(10(2)14-9)11-6-4-3-5-7-11;1-9-7-11(13-8-12-9)10-5-3-2-4-6-10;1-9-7-8-12-11(13-9)10-5-3-2-4-6-10;5*1-4(6)3-5(2)7;;;;;/h3-9,11-12H,1-2H3;1-9,11-12H;3-6,8H,1-2H3;2*2-5,7-8H,1H3;5*3,6H,1-2H3;;;;;/q5*-1;;;;;;;;;;. The smallest absolute Gasteiger partial charge is 0.155 e. The first-order chi connectivity index (χ1) is 53.8. The van der Waals surface area contributed by atoms with E-state index in [1.165, 1.54) is 105 Å². The molecule has 25 heteroatoms. The fraction of sp³-hybridized carbons (Fsp3) is 0.172. The normalized spacial score (nSPS) is 10.1. The van der Waals surface area contributed by atoms with E-state index in [2.05, 4.69) is 106 Å². The van der Waals surface area contributed by atoms with Gasteiger partial charge < -0.3 is 30.5 Å². The van der Waals surface area contributed by atoms with Crippen molar-refractivity contribution in [3.8, 4) is 78.9 Å². The molecule has 12 rings (SSSR count). The summed E-state index contributed by atoms with van der Waals surface area (Å²) in [6.07, 6.45) is 14.2. The molecule has 5 aromatic heterocycles. The van der Waals surface area contributed by atoms with Gasteiger partial charge in [0.25, 0.3) is 0 Å². The van der Waals surface area contributed by atoms with Crippen LogP contribution in [0.5, 0.6) is 0 Å². The van der Waals surface area contributed by atoms with Gasteiger partial charge in [-0.25, -0.2) is 15.0 Å². The molecule has 0 fully saturated rings. The van der Waals surface area contributed by atoms with Gasteiger partial charge in [-0.1, -0.05) is 66.7 Å². The van der Waals surface area contributed by atoms with Crippen LogP contribution in [0.2, 0.25) is 0 Å². The first-order valence-corrected chi connectivity index (χ1v) is 35.2. The topological polar surface area (TPSA) is 315 Å². The Morgan fingerprint density at radius 1 is 0.314 bits per heavy atom. The Balaban J connectivity index is -0.00000127. The van der Waals surface area contributed by atoms with Crippen molar-refractivity contribution in [1.29, 1.82) is 0 Å². The van der Waals surface area contributed by atoms with Gasteiger partial charge in [0.2, 0.25) is 0 Å². The van der Waals surface area contributed by atoms with Crippen LogP contribution < -0.4 is 0 Å². The number of aryl methyl sites for hydroxylation is 5. The first kappa shape index (κ1) is 111. The van der Waals surface area contributed by atoms with Crippen LogP contribution in [0.4, 0.5) is 0 Å². The number of allylic oxidation sites excluding steroid dienone is 10. The Hall–Kier alpha value is -10.8. The predicted octanol–water partition coefficient (Wildman–Crippen LogP) is 20.1. The molecule has 12 aromatic rings. The number of rotatable bonds is 12. The van der Waals surface area contributed by atoms with Gasteiger partial charge in [0.1, 0.15) is 19.0 Å². The van der Waals surface area contributed by atoms with Crippen molar-refractivity contribution >= 4 is 28.9 Å². The largest absolute Gasteiger partial charge is 0.512 e. The van der Waals surface area contributed by atoms with Gasteiger partial charge in [0, 0.05) is 172 Å². The van der Waals surface area contributed by atoms with Crippen LogP contribution in [0.3, 0.4) is 0 Å². The van der Waals surface area contributed by atoms with E-state index in [0.29, 0.717) is 0 Å². The van der Waals surface area contributed by atoms with Crippen molar-refractivity contribution < 1.29 is 150 Å². The van der Waals surface area contributed by atoms with Gasteiger partial charge in [-0.05, 0) is 151 Å². The number of benzene rings is 7. The number of aliphatic hydroxyl groups is 5. The maximum Gasteiger partial charge on any atom is 0.155 e. The summed E-state index contributed by atoms with van der Waals surface area (Å²) in [6.45, 7) is 26.2. The zero-order valence-electron chi connectivity index (χ0n) is 68.2. The molecule has 0 amide bonds. The van der Waals surface area contributed by atoms with Gasteiger partial charge >= 0.3 is 0 Å². The molecule has 0 spiro atoms. The Morgan fingerprint density at radius 3 is 1.04 bits per heavy atom. The fourth-order valence-corrected chi connectivity index (χ4v) is 9.34. The monoisotopic (exact) mass is 2480 g/mol. The van der Waals surface area contributed by atoms with E-state index in [0.717, 1.165) is 107 Å². The van der Waals surface area contributed by atoms with E-state index < -0.39 is 0 Å². The number of aromatic nitrogens is 10. The number of hydrogen-bond donors (Lipinski definition) is 5. The second-order valence-electron chi connectivity index (χ2n) is 24.5. The van der Waals surface area contributed by atoms with E-state index >= 15 is 0 Å². The van der Waals surface area contributed by atoms with Crippen molar-refractivity contribution in [2.24, 2.45) is 0 Å². The molecule has 20 nitrogen and oxygen atoms in total. The minimum absolute atomic E-state index is 0. The van der Waals surface area contributed by atoms with Crippen LogP contribution in [0.25, 0.3) is 78.9 Å². The van der Waals surface area contributed by atoms with Crippen LogP contribution in [0, 0.1) is 71.9 Å². The molecule has 0 saturated heterocycles. The molecule has 0 atom stereocenters. The molecule has 0 unspecified atom stereocenters. The molecule has 0 saturated carbocycles. The summed E-state index contributed by atoms with van der Waals surface area (Å²) in [5, 5.41) is 41.8. The second-order valence-corrected chi connectivity index (χ2v) is 24.5. The van der Waals surface area contributed by atoms with E-state index in [1.807, 2.05) is 210 Å². The van der Waals surface area contributed by atoms with Crippen molar-refractivity contribution in [1.82, 2.24) is 49.8 Å². The summed E-state index contributed by atoms with van der Waals surface area (Å²) < 4.78 is 0. The third-order valence-corrected chi connectivity index (χ3v) is 13.8. The molecule has 118 heavy (non-hydrogen) atoms. The molecular weight excluding hydrogens is 2380 g/mol. The second kappa shape index (κ2) is 63.4. The summed E-state index contributed by atoms with van der Waals surface area (Å²) in [6, 6.07) is 78.9. The summed E-state index contributed by atoms with van der Waals surface area (Å²) in [7, 11) is 0. The van der Waals surface area contributed by atoms with Crippen molar-refractivity contribution in [3.05, 3.63) is 349 Å². The Labute approximate surface area is 760 Å². The van der Waals surface area contributed by atoms with Crippen LogP contribution in [-0.2, 0) is 124 Å².